The summed E-state index contributed by atoms with van der Waals surface area (Å²) >= 11 is 0. The number of nitrogens with one attached hydrogen (secondary N) is 1. The fraction of sp³-hybridized carbons (Fsp3) is 0.429. The highest BCUT2D eigenvalue weighted by atomic mass is 16.7. The van der Waals surface area contributed by atoms with Crippen molar-refractivity contribution in [2.75, 3.05) is 26.4 Å². The summed E-state index contributed by atoms with van der Waals surface area (Å²) < 4.78 is 16.7. The molecule has 1 aromatic carbocycles. The molecule has 1 aromatic heterocycles. The zero-order chi connectivity index (χ0) is 19.2. The van der Waals surface area contributed by atoms with Crippen LogP contribution < -0.4 is 14.8 Å². The first-order chi connectivity index (χ1) is 13.8. The Morgan fingerprint density at radius 1 is 1.25 bits per heavy atom. The van der Waals surface area contributed by atoms with E-state index in [0.717, 1.165) is 48.4 Å². The first-order valence-electron chi connectivity index (χ1n) is 9.70. The van der Waals surface area contributed by atoms with Gasteiger partial charge in [0.1, 0.15) is 0 Å². The standard InChI is InChI=1S/C21H25N3O4/c25-21(23-9-7-16-5-6-19-20(11-16)28-15-27-19)24-10-2-4-18(13-24)26-14-17-3-1-8-22-12-17/h1,3,5-6,8,11-12,18H,2,4,7,9-10,13-15H2,(H,23,25)/t18-/m1/s1. The van der Waals surface area contributed by atoms with Gasteiger partial charge in [-0.1, -0.05) is 12.1 Å². The molecule has 1 fully saturated rings. The normalized spacial score (nSPS) is 18.1. The van der Waals surface area contributed by atoms with Crippen LogP contribution in [0.15, 0.2) is 42.7 Å². The number of benzene rings is 1. The molecule has 7 nitrogen and oxygen atoms in total. The van der Waals surface area contributed by atoms with E-state index in [1.807, 2.05) is 41.4 Å². The molecule has 2 amide bonds. The average Bonchev–Trinajstić information content (AvgIpc) is 3.21. The van der Waals surface area contributed by atoms with Crippen LogP contribution in [-0.4, -0.2) is 48.4 Å². The molecule has 148 valence electrons. The fourth-order valence-electron chi connectivity index (χ4n) is 3.48. The zero-order valence-corrected chi connectivity index (χ0v) is 15.8. The van der Waals surface area contributed by atoms with E-state index in [2.05, 4.69) is 10.3 Å². The molecule has 7 heteroatoms. The van der Waals surface area contributed by atoms with Gasteiger partial charge in [-0.3, -0.25) is 4.98 Å². The number of hydrogen-bond donors (Lipinski definition) is 1. The Labute approximate surface area is 164 Å². The largest absolute Gasteiger partial charge is 0.454 e. The molecule has 4 rings (SSSR count). The molecule has 0 radical (unpaired) electrons. The quantitative estimate of drug-likeness (QED) is 0.830. The van der Waals surface area contributed by atoms with Crippen molar-refractivity contribution in [3.63, 3.8) is 0 Å². The molecule has 28 heavy (non-hydrogen) atoms. The summed E-state index contributed by atoms with van der Waals surface area (Å²) in [5.74, 6) is 1.55. The average molecular weight is 383 g/mol. The minimum Gasteiger partial charge on any atom is -0.454 e. The van der Waals surface area contributed by atoms with Crippen LogP contribution in [0.2, 0.25) is 0 Å². The van der Waals surface area contributed by atoms with Gasteiger partial charge in [0, 0.05) is 32.0 Å². The summed E-state index contributed by atoms with van der Waals surface area (Å²) in [6.45, 7) is 2.77. The first-order valence-corrected chi connectivity index (χ1v) is 9.70. The second-order valence-corrected chi connectivity index (χ2v) is 7.05. The molecular weight excluding hydrogens is 358 g/mol. The van der Waals surface area contributed by atoms with E-state index in [-0.39, 0.29) is 18.9 Å². The van der Waals surface area contributed by atoms with Crippen molar-refractivity contribution in [2.45, 2.75) is 32.0 Å². The van der Waals surface area contributed by atoms with Crippen LogP contribution in [-0.2, 0) is 17.8 Å². The molecule has 0 saturated carbocycles. The van der Waals surface area contributed by atoms with E-state index in [0.29, 0.717) is 19.7 Å². The Morgan fingerprint density at radius 2 is 2.18 bits per heavy atom. The van der Waals surface area contributed by atoms with Crippen molar-refractivity contribution >= 4 is 6.03 Å². The Kier molecular flexibility index (Phi) is 5.92. The second kappa shape index (κ2) is 8.93. The third kappa shape index (κ3) is 4.72. The number of nitrogens with zero attached hydrogens (tertiary/aromatic N) is 2. The summed E-state index contributed by atoms with van der Waals surface area (Å²) in [4.78, 5) is 18.4. The van der Waals surface area contributed by atoms with Crippen molar-refractivity contribution in [1.29, 1.82) is 0 Å². The highest BCUT2D eigenvalue weighted by Gasteiger charge is 2.24. The van der Waals surface area contributed by atoms with E-state index in [4.69, 9.17) is 14.2 Å². The molecule has 2 aliphatic rings. The van der Waals surface area contributed by atoms with Crippen LogP contribution in [0.5, 0.6) is 11.5 Å². The van der Waals surface area contributed by atoms with Gasteiger partial charge in [0.2, 0.25) is 6.79 Å². The molecule has 2 aliphatic heterocycles. The first kappa shape index (κ1) is 18.6. The molecule has 0 bridgehead atoms. The third-order valence-corrected chi connectivity index (χ3v) is 5.00. The van der Waals surface area contributed by atoms with Crippen molar-refractivity contribution in [2.24, 2.45) is 0 Å². The number of ether oxygens (including phenoxy) is 3. The van der Waals surface area contributed by atoms with Gasteiger partial charge in [-0.05, 0) is 48.6 Å². The van der Waals surface area contributed by atoms with Crippen LogP contribution in [0.25, 0.3) is 0 Å². The van der Waals surface area contributed by atoms with Gasteiger partial charge >= 0.3 is 6.03 Å². The number of aromatic nitrogens is 1. The Bertz CT molecular complexity index is 799. The SMILES string of the molecule is O=C(NCCc1ccc2c(c1)OCO2)N1CCC[C@@H](OCc2cccnc2)C1. The van der Waals surface area contributed by atoms with Gasteiger partial charge in [0.15, 0.2) is 11.5 Å². The molecule has 1 N–H and O–H groups in total. The van der Waals surface area contributed by atoms with Crippen molar-refractivity contribution in [3.8, 4) is 11.5 Å². The summed E-state index contributed by atoms with van der Waals surface area (Å²) in [6.07, 6.45) is 6.29. The number of amides is 2. The predicted molar refractivity (Wildman–Crippen MR) is 103 cm³/mol. The number of rotatable bonds is 6. The lowest BCUT2D eigenvalue weighted by atomic mass is 10.1. The highest BCUT2D eigenvalue weighted by molar-refractivity contribution is 5.74. The van der Waals surface area contributed by atoms with Crippen LogP contribution >= 0.6 is 0 Å². The molecule has 3 heterocycles. The van der Waals surface area contributed by atoms with E-state index in [9.17, 15) is 4.79 Å². The molecule has 2 aromatic rings. The number of hydrogen-bond acceptors (Lipinski definition) is 5. The van der Waals surface area contributed by atoms with Crippen LogP contribution in [0.3, 0.4) is 0 Å². The number of carbonyl (C=O) groups is 1. The zero-order valence-electron chi connectivity index (χ0n) is 15.8. The number of urea groups is 1. The van der Waals surface area contributed by atoms with Crippen molar-refractivity contribution in [3.05, 3.63) is 53.9 Å². The van der Waals surface area contributed by atoms with E-state index < -0.39 is 0 Å². The molecule has 0 spiro atoms. The lowest BCUT2D eigenvalue weighted by Crippen LogP contribution is -2.48. The number of pyridine rings is 1. The van der Waals surface area contributed by atoms with Gasteiger partial charge in [-0.25, -0.2) is 4.79 Å². The summed E-state index contributed by atoms with van der Waals surface area (Å²) in [5.41, 5.74) is 2.16. The molecule has 0 aliphatic carbocycles. The van der Waals surface area contributed by atoms with Crippen LogP contribution in [0.4, 0.5) is 4.79 Å². The predicted octanol–water partition coefficient (Wildman–Crippen LogP) is 2.74. The topological polar surface area (TPSA) is 72.9 Å². The van der Waals surface area contributed by atoms with Gasteiger partial charge < -0.3 is 24.4 Å². The van der Waals surface area contributed by atoms with Gasteiger partial charge in [-0.2, -0.15) is 0 Å². The van der Waals surface area contributed by atoms with Gasteiger partial charge in [0.05, 0.1) is 12.7 Å². The molecular formula is C21H25N3O4. The number of piperidine rings is 1. The highest BCUT2D eigenvalue weighted by Crippen LogP contribution is 2.32. The third-order valence-electron chi connectivity index (χ3n) is 5.00. The number of carbonyl (C=O) groups excluding carboxylic acids is 1. The monoisotopic (exact) mass is 383 g/mol. The Hall–Kier alpha value is -2.80. The maximum Gasteiger partial charge on any atom is 0.317 e. The Morgan fingerprint density at radius 3 is 3.07 bits per heavy atom. The molecule has 1 saturated heterocycles. The minimum atomic E-state index is -0.0320. The number of fused-ring (bicyclic) bond motifs is 1. The second-order valence-electron chi connectivity index (χ2n) is 7.05. The summed E-state index contributed by atoms with van der Waals surface area (Å²) in [5, 5.41) is 3.01. The van der Waals surface area contributed by atoms with Gasteiger partial charge in [-0.15, -0.1) is 0 Å². The lowest BCUT2D eigenvalue weighted by Gasteiger charge is -2.32. The lowest BCUT2D eigenvalue weighted by molar-refractivity contribution is -0.000401. The number of likely N-dealkylation sites (tertiary alicyclic amines) is 1. The minimum absolute atomic E-state index is 0.0320. The maximum atomic E-state index is 12.5. The van der Waals surface area contributed by atoms with Crippen LogP contribution in [0.1, 0.15) is 24.0 Å². The van der Waals surface area contributed by atoms with Crippen molar-refractivity contribution < 1.29 is 19.0 Å². The fourth-order valence-corrected chi connectivity index (χ4v) is 3.48. The van der Waals surface area contributed by atoms with Gasteiger partial charge in [0.25, 0.3) is 0 Å². The smallest absolute Gasteiger partial charge is 0.317 e. The van der Waals surface area contributed by atoms with Crippen molar-refractivity contribution in [1.82, 2.24) is 15.2 Å². The summed E-state index contributed by atoms with van der Waals surface area (Å²) in [7, 11) is 0. The molecule has 1 atom stereocenters. The Balaban J connectivity index is 1.21. The van der Waals surface area contributed by atoms with E-state index in [1.165, 1.54) is 0 Å². The van der Waals surface area contributed by atoms with Crippen LogP contribution in [0, 0.1) is 0 Å². The molecule has 0 unspecified atom stereocenters. The van der Waals surface area contributed by atoms with E-state index in [1.54, 1.807) is 6.20 Å². The summed E-state index contributed by atoms with van der Waals surface area (Å²) in [6, 6.07) is 9.75. The maximum absolute atomic E-state index is 12.5. The van der Waals surface area contributed by atoms with E-state index >= 15 is 0 Å².